The van der Waals surface area contributed by atoms with Gasteiger partial charge in [-0.15, -0.1) is 0 Å². The van der Waals surface area contributed by atoms with Crippen molar-refractivity contribution in [2.75, 3.05) is 10.7 Å². The zero-order chi connectivity index (χ0) is 17.8. The molecule has 0 radical (unpaired) electrons. The summed E-state index contributed by atoms with van der Waals surface area (Å²) in [6, 6.07) is 12.9. The van der Waals surface area contributed by atoms with Crippen molar-refractivity contribution in [1.82, 2.24) is 4.98 Å². The molecule has 0 fully saturated rings. The van der Waals surface area contributed by atoms with Crippen LogP contribution in [0, 0.1) is 0 Å². The van der Waals surface area contributed by atoms with Crippen molar-refractivity contribution >= 4 is 59.9 Å². The number of hydrazone groups is 1. The predicted molar refractivity (Wildman–Crippen MR) is 109 cm³/mol. The second-order valence-corrected chi connectivity index (χ2v) is 7.42. The van der Waals surface area contributed by atoms with Gasteiger partial charge in [-0.1, -0.05) is 34.2 Å². The Morgan fingerprint density at radius 3 is 2.72 bits per heavy atom. The number of hydrogen-bond donors (Lipinski definition) is 2. The smallest absolute Gasteiger partial charge is 0.255 e. The average molecular weight is 417 g/mol. The highest BCUT2D eigenvalue weighted by Gasteiger charge is 2.08. The maximum absolute atomic E-state index is 12.3. The molecule has 5 nitrogen and oxygen atoms in total. The first-order valence-electron chi connectivity index (χ1n) is 7.82. The number of anilines is 2. The van der Waals surface area contributed by atoms with Crippen molar-refractivity contribution < 1.29 is 4.79 Å². The summed E-state index contributed by atoms with van der Waals surface area (Å²) >= 11 is 4.87. The molecule has 0 atom stereocenters. The minimum absolute atomic E-state index is 0.141. The zero-order valence-electron chi connectivity index (χ0n) is 13.8. The van der Waals surface area contributed by atoms with E-state index >= 15 is 0 Å². The second-order valence-electron chi connectivity index (χ2n) is 5.47. The van der Waals surface area contributed by atoms with Crippen LogP contribution >= 0.6 is 27.3 Å². The number of benzene rings is 2. The molecular weight excluding hydrogens is 400 g/mol. The molecule has 25 heavy (non-hydrogen) atoms. The molecule has 2 aromatic carbocycles. The predicted octanol–water partition coefficient (Wildman–Crippen LogP) is 5.51. The lowest BCUT2D eigenvalue weighted by atomic mass is 10.2. The van der Waals surface area contributed by atoms with E-state index in [1.165, 1.54) is 11.3 Å². The first kappa shape index (κ1) is 17.6. The van der Waals surface area contributed by atoms with Crippen LogP contribution in [0.2, 0.25) is 0 Å². The van der Waals surface area contributed by atoms with Crippen LogP contribution in [0.4, 0.5) is 10.8 Å². The summed E-state index contributed by atoms with van der Waals surface area (Å²) in [5, 5.41) is 7.92. The molecule has 3 rings (SSSR count). The van der Waals surface area contributed by atoms with Gasteiger partial charge in [0.05, 0.1) is 10.2 Å². The lowest BCUT2D eigenvalue weighted by Gasteiger charge is -2.05. The van der Waals surface area contributed by atoms with Crippen LogP contribution in [0.5, 0.6) is 0 Å². The van der Waals surface area contributed by atoms with Crippen molar-refractivity contribution in [3.63, 3.8) is 0 Å². The van der Waals surface area contributed by atoms with Crippen LogP contribution in [0.1, 0.15) is 30.6 Å². The van der Waals surface area contributed by atoms with E-state index in [0.29, 0.717) is 5.56 Å². The van der Waals surface area contributed by atoms with Gasteiger partial charge in [0.2, 0.25) is 5.13 Å². The lowest BCUT2D eigenvalue weighted by molar-refractivity contribution is 0.102. The minimum Gasteiger partial charge on any atom is -0.322 e. The Morgan fingerprint density at radius 1 is 1.24 bits per heavy atom. The molecule has 1 amide bonds. The number of nitrogens with zero attached hydrogens (tertiary/aromatic N) is 2. The molecule has 7 heteroatoms. The van der Waals surface area contributed by atoms with Crippen LogP contribution in [-0.2, 0) is 0 Å². The summed E-state index contributed by atoms with van der Waals surface area (Å²) in [4.78, 5) is 16.8. The number of carbonyl (C=O) groups excluding carboxylic acids is 1. The largest absolute Gasteiger partial charge is 0.322 e. The van der Waals surface area contributed by atoms with E-state index in [1.807, 2.05) is 37.3 Å². The zero-order valence-corrected chi connectivity index (χ0v) is 16.2. The van der Waals surface area contributed by atoms with Gasteiger partial charge in [-0.2, -0.15) is 5.10 Å². The van der Waals surface area contributed by atoms with Gasteiger partial charge in [-0.05, 0) is 55.8 Å². The number of carbonyl (C=O) groups is 1. The molecule has 3 aromatic rings. The molecule has 0 saturated heterocycles. The summed E-state index contributed by atoms with van der Waals surface area (Å²) in [6.07, 6.45) is 0.893. The maximum Gasteiger partial charge on any atom is 0.255 e. The maximum atomic E-state index is 12.3. The molecule has 1 aromatic heterocycles. The first-order chi connectivity index (χ1) is 12.0. The molecular formula is C18H17BrN4OS. The van der Waals surface area contributed by atoms with Crippen molar-refractivity contribution in [1.29, 1.82) is 0 Å². The van der Waals surface area contributed by atoms with Gasteiger partial charge in [0, 0.05) is 21.4 Å². The summed E-state index contributed by atoms with van der Waals surface area (Å²) in [5.41, 5.74) is 6.22. The SMILES string of the molecule is CC/C(C)=N\Nc1nc2ccc(NC(=O)c3ccc(Br)cc3)cc2s1. The van der Waals surface area contributed by atoms with Gasteiger partial charge in [-0.3, -0.25) is 10.2 Å². The normalized spacial score (nSPS) is 11.6. The summed E-state index contributed by atoms with van der Waals surface area (Å²) in [7, 11) is 0. The Kier molecular flexibility index (Phi) is 5.45. The number of hydrogen-bond acceptors (Lipinski definition) is 5. The molecule has 128 valence electrons. The number of fused-ring (bicyclic) bond motifs is 1. The van der Waals surface area contributed by atoms with Crippen molar-refractivity contribution in [3.8, 4) is 0 Å². The van der Waals surface area contributed by atoms with Crippen LogP contribution in [0.3, 0.4) is 0 Å². The number of amides is 1. The minimum atomic E-state index is -0.141. The highest BCUT2D eigenvalue weighted by molar-refractivity contribution is 9.10. The summed E-state index contributed by atoms with van der Waals surface area (Å²) in [6.45, 7) is 4.02. The third kappa shape index (κ3) is 4.43. The lowest BCUT2D eigenvalue weighted by Crippen LogP contribution is -2.11. The fourth-order valence-electron chi connectivity index (χ4n) is 2.08. The van der Waals surface area contributed by atoms with Gasteiger partial charge in [0.1, 0.15) is 0 Å². The van der Waals surface area contributed by atoms with E-state index in [2.05, 4.69) is 43.7 Å². The molecule has 0 aliphatic carbocycles. The highest BCUT2D eigenvalue weighted by atomic mass is 79.9. The van der Waals surface area contributed by atoms with E-state index in [4.69, 9.17) is 0 Å². The van der Waals surface area contributed by atoms with Crippen molar-refractivity contribution in [2.45, 2.75) is 20.3 Å². The molecule has 0 aliphatic rings. The van der Waals surface area contributed by atoms with Gasteiger partial charge >= 0.3 is 0 Å². The van der Waals surface area contributed by atoms with E-state index < -0.39 is 0 Å². The third-order valence-electron chi connectivity index (χ3n) is 3.61. The number of rotatable bonds is 5. The Balaban J connectivity index is 1.76. The van der Waals surface area contributed by atoms with E-state index in [1.54, 1.807) is 12.1 Å². The number of halogens is 1. The number of aromatic nitrogens is 1. The second kappa shape index (κ2) is 7.76. The van der Waals surface area contributed by atoms with Gasteiger partial charge in [0.25, 0.3) is 5.91 Å². The highest BCUT2D eigenvalue weighted by Crippen LogP contribution is 2.28. The Morgan fingerprint density at radius 2 is 2.00 bits per heavy atom. The molecule has 2 N–H and O–H groups in total. The third-order valence-corrected chi connectivity index (χ3v) is 5.06. The number of nitrogens with one attached hydrogen (secondary N) is 2. The van der Waals surface area contributed by atoms with Gasteiger partial charge < -0.3 is 5.32 Å². The Labute approximate surface area is 158 Å². The Hall–Kier alpha value is -2.25. The van der Waals surface area contributed by atoms with Crippen LogP contribution in [0.25, 0.3) is 10.2 Å². The van der Waals surface area contributed by atoms with Crippen LogP contribution < -0.4 is 10.7 Å². The van der Waals surface area contributed by atoms with Gasteiger partial charge in [0.15, 0.2) is 0 Å². The van der Waals surface area contributed by atoms with E-state index in [0.717, 1.165) is 37.6 Å². The van der Waals surface area contributed by atoms with Gasteiger partial charge in [-0.25, -0.2) is 4.98 Å². The molecule has 0 saturated carbocycles. The molecule has 1 heterocycles. The van der Waals surface area contributed by atoms with Crippen LogP contribution in [0.15, 0.2) is 52.0 Å². The average Bonchev–Trinajstić information content (AvgIpc) is 3.02. The van der Waals surface area contributed by atoms with E-state index in [-0.39, 0.29) is 5.91 Å². The van der Waals surface area contributed by atoms with Crippen LogP contribution in [-0.4, -0.2) is 16.6 Å². The molecule has 0 spiro atoms. The van der Waals surface area contributed by atoms with Crippen molar-refractivity contribution in [2.24, 2.45) is 5.10 Å². The molecule has 0 unspecified atom stereocenters. The molecule has 0 aliphatic heterocycles. The fraction of sp³-hybridized carbons (Fsp3) is 0.167. The summed E-state index contributed by atoms with van der Waals surface area (Å²) < 4.78 is 1.93. The summed E-state index contributed by atoms with van der Waals surface area (Å²) in [5.74, 6) is -0.141. The fourth-order valence-corrected chi connectivity index (χ4v) is 3.19. The topological polar surface area (TPSA) is 66.4 Å². The monoisotopic (exact) mass is 416 g/mol. The Bertz CT molecular complexity index is 934. The van der Waals surface area contributed by atoms with E-state index in [9.17, 15) is 4.79 Å². The quantitative estimate of drug-likeness (QED) is 0.425. The first-order valence-corrected chi connectivity index (χ1v) is 9.43. The number of thiazole rings is 1. The molecule has 0 bridgehead atoms. The standard InChI is InChI=1S/C18H17BrN4OS/c1-3-11(2)22-23-18-21-15-9-8-14(10-16(15)25-18)20-17(24)12-4-6-13(19)7-5-12/h4-10H,3H2,1-2H3,(H,20,24)(H,21,23)/b22-11-. The van der Waals surface area contributed by atoms with Crippen molar-refractivity contribution in [3.05, 3.63) is 52.5 Å².